The van der Waals surface area contributed by atoms with Crippen LogP contribution in [0.4, 0.5) is 10.5 Å². The Balaban J connectivity index is 2.02. The summed E-state index contributed by atoms with van der Waals surface area (Å²) in [5, 5.41) is 14.4. The lowest BCUT2D eigenvalue weighted by atomic mass is 9.62. The van der Waals surface area contributed by atoms with Crippen molar-refractivity contribution in [2.24, 2.45) is 16.6 Å². The van der Waals surface area contributed by atoms with E-state index in [0.29, 0.717) is 17.8 Å². The van der Waals surface area contributed by atoms with Gasteiger partial charge in [-0.15, -0.1) is 0 Å². The van der Waals surface area contributed by atoms with Gasteiger partial charge in [0, 0.05) is 11.7 Å². The van der Waals surface area contributed by atoms with Crippen LogP contribution < -0.4 is 22.1 Å². The minimum atomic E-state index is -0.742. The summed E-state index contributed by atoms with van der Waals surface area (Å²) < 4.78 is 0. The number of hydrogen-bond acceptors (Lipinski definition) is 5. The van der Waals surface area contributed by atoms with Crippen LogP contribution in [-0.2, 0) is 4.79 Å². The summed E-state index contributed by atoms with van der Waals surface area (Å²) in [6.45, 7) is 6.97. The first kappa shape index (κ1) is 21.5. The van der Waals surface area contributed by atoms with Crippen molar-refractivity contribution >= 4 is 23.7 Å². The molecule has 2 unspecified atom stereocenters. The summed E-state index contributed by atoms with van der Waals surface area (Å²) >= 11 is 0. The van der Waals surface area contributed by atoms with Crippen molar-refractivity contribution in [3.8, 4) is 6.07 Å². The molecule has 0 heterocycles. The van der Waals surface area contributed by atoms with Gasteiger partial charge in [-0.2, -0.15) is 5.26 Å². The minimum Gasteiger partial charge on any atom is -0.399 e. The van der Waals surface area contributed by atoms with Gasteiger partial charge in [-0.05, 0) is 60.4 Å². The van der Waals surface area contributed by atoms with Crippen molar-refractivity contribution < 1.29 is 9.59 Å². The van der Waals surface area contributed by atoms with Crippen molar-refractivity contribution in [3.63, 3.8) is 0 Å². The first-order valence-corrected chi connectivity index (χ1v) is 9.35. The molecule has 28 heavy (non-hydrogen) atoms. The molecular formula is C21H29N5O2. The lowest BCUT2D eigenvalue weighted by molar-refractivity contribution is -0.116. The van der Waals surface area contributed by atoms with E-state index in [1.54, 1.807) is 24.3 Å². The molecule has 7 nitrogen and oxygen atoms in total. The first-order valence-electron chi connectivity index (χ1n) is 9.35. The number of anilines is 1. The third-order valence-corrected chi connectivity index (χ3v) is 5.11. The van der Waals surface area contributed by atoms with Gasteiger partial charge in [-0.1, -0.05) is 32.9 Å². The fourth-order valence-electron chi connectivity index (χ4n) is 4.19. The summed E-state index contributed by atoms with van der Waals surface area (Å²) in [6.07, 6.45) is 3.95. The third kappa shape index (κ3) is 5.83. The number of imide groups is 1. The highest BCUT2D eigenvalue weighted by Crippen LogP contribution is 2.45. The van der Waals surface area contributed by atoms with Gasteiger partial charge < -0.3 is 16.8 Å². The number of benzene rings is 1. The molecular weight excluding hydrogens is 354 g/mol. The molecule has 7 heteroatoms. The lowest BCUT2D eigenvalue weighted by Crippen LogP contribution is -2.52. The Bertz CT molecular complexity index is 807. The molecule has 0 bridgehead atoms. The van der Waals surface area contributed by atoms with Crippen LogP contribution in [0.2, 0.25) is 0 Å². The van der Waals surface area contributed by atoms with E-state index in [9.17, 15) is 14.9 Å². The van der Waals surface area contributed by atoms with E-state index in [0.717, 1.165) is 19.3 Å². The second-order valence-corrected chi connectivity index (χ2v) is 8.73. The van der Waals surface area contributed by atoms with Crippen molar-refractivity contribution in [2.45, 2.75) is 46.1 Å². The zero-order chi connectivity index (χ0) is 20.9. The van der Waals surface area contributed by atoms with Gasteiger partial charge in [0.25, 0.3) is 5.91 Å². The number of nitrogens with two attached hydrogens (primary N) is 2. The number of nitrogen functional groups attached to an aromatic ring is 1. The summed E-state index contributed by atoms with van der Waals surface area (Å²) in [5.74, 6) is -0.742. The fourth-order valence-corrected chi connectivity index (χ4v) is 4.19. The molecule has 0 radical (unpaired) electrons. The monoisotopic (exact) mass is 383 g/mol. The Morgan fingerprint density at radius 3 is 2.46 bits per heavy atom. The van der Waals surface area contributed by atoms with Gasteiger partial charge in [-0.25, -0.2) is 4.79 Å². The van der Waals surface area contributed by atoms with E-state index in [1.165, 1.54) is 6.08 Å². The Labute approximate surface area is 166 Å². The highest BCUT2D eigenvalue weighted by atomic mass is 16.2. The normalized spacial score (nSPS) is 24.1. The van der Waals surface area contributed by atoms with Crippen LogP contribution in [0.5, 0.6) is 0 Å². The lowest BCUT2D eigenvalue weighted by Gasteiger charge is -2.46. The molecule has 6 N–H and O–H groups in total. The number of hydrogen-bond donors (Lipinski definition) is 4. The molecule has 1 saturated carbocycles. The summed E-state index contributed by atoms with van der Waals surface area (Å²) in [4.78, 5) is 24.6. The van der Waals surface area contributed by atoms with Crippen LogP contribution in [0.15, 0.2) is 29.8 Å². The molecule has 0 aliphatic heterocycles. The Morgan fingerprint density at radius 2 is 1.89 bits per heavy atom. The second kappa shape index (κ2) is 8.44. The van der Waals surface area contributed by atoms with E-state index in [-0.39, 0.29) is 22.4 Å². The predicted octanol–water partition coefficient (Wildman–Crippen LogP) is 2.55. The smallest absolute Gasteiger partial charge is 0.321 e. The summed E-state index contributed by atoms with van der Waals surface area (Å²) in [7, 11) is 0. The van der Waals surface area contributed by atoms with E-state index < -0.39 is 11.9 Å². The molecule has 0 saturated heterocycles. The maximum absolute atomic E-state index is 12.3. The number of carbonyl (C=O) groups excluding carboxylic acids is 2. The highest BCUT2D eigenvalue weighted by molar-refractivity contribution is 6.08. The number of carbonyl (C=O) groups is 2. The van der Waals surface area contributed by atoms with E-state index in [2.05, 4.69) is 31.4 Å². The predicted molar refractivity (Wildman–Crippen MR) is 110 cm³/mol. The Kier molecular flexibility index (Phi) is 6.47. The van der Waals surface area contributed by atoms with Gasteiger partial charge in [-0.3, -0.25) is 10.1 Å². The number of urea groups is 1. The van der Waals surface area contributed by atoms with Crippen LogP contribution in [-0.4, -0.2) is 24.5 Å². The number of nitrogens with zero attached hydrogens (tertiary/aromatic N) is 1. The first-order chi connectivity index (χ1) is 13.1. The van der Waals surface area contributed by atoms with Gasteiger partial charge in [0.15, 0.2) is 0 Å². The fraction of sp³-hybridized carbons (Fsp3) is 0.476. The highest BCUT2D eigenvalue weighted by Gasteiger charge is 2.41. The largest absolute Gasteiger partial charge is 0.399 e. The standard InChI is InChI=1S/C21H29N5O2/c1-20(2)9-17(10-21(3,12-20)13-23)25-19(28)26-18(27)15(11-22)8-14-4-6-16(24)7-5-14/h4-8,17H,9-10,12-13,23-24H2,1-3H3,(H2,25,26,27,28)/b15-8+. The molecule has 2 rings (SSSR count). The van der Waals surface area contributed by atoms with Crippen LogP contribution in [0, 0.1) is 22.2 Å². The summed E-state index contributed by atoms with van der Waals surface area (Å²) in [6, 6.07) is 7.87. The van der Waals surface area contributed by atoms with Gasteiger partial charge in [0.05, 0.1) is 0 Å². The Hall–Kier alpha value is -2.85. The molecule has 3 amide bonds. The van der Waals surface area contributed by atoms with Gasteiger partial charge in [0.2, 0.25) is 0 Å². The number of amides is 3. The van der Waals surface area contributed by atoms with Crippen LogP contribution >= 0.6 is 0 Å². The van der Waals surface area contributed by atoms with Crippen LogP contribution in [0.1, 0.15) is 45.6 Å². The van der Waals surface area contributed by atoms with Crippen molar-refractivity contribution in [2.75, 3.05) is 12.3 Å². The van der Waals surface area contributed by atoms with E-state index in [1.807, 2.05) is 6.07 Å². The molecule has 1 aromatic carbocycles. The molecule has 0 aromatic heterocycles. The SMILES string of the molecule is CC1(C)CC(NC(=O)NC(=O)/C(C#N)=C/c2ccc(N)cc2)CC(C)(CN)C1. The quantitative estimate of drug-likeness (QED) is 0.360. The minimum absolute atomic E-state index is 0.0429. The molecule has 150 valence electrons. The molecule has 1 aliphatic carbocycles. The maximum Gasteiger partial charge on any atom is 0.321 e. The molecule has 0 spiro atoms. The molecule has 1 aliphatic rings. The Morgan fingerprint density at radius 1 is 1.25 bits per heavy atom. The maximum atomic E-state index is 12.3. The van der Waals surface area contributed by atoms with Crippen molar-refractivity contribution in [3.05, 3.63) is 35.4 Å². The number of nitriles is 1. The third-order valence-electron chi connectivity index (χ3n) is 5.11. The molecule has 2 atom stereocenters. The van der Waals surface area contributed by atoms with Crippen LogP contribution in [0.25, 0.3) is 6.08 Å². The topological polar surface area (TPSA) is 134 Å². The van der Waals surface area contributed by atoms with Crippen molar-refractivity contribution in [1.29, 1.82) is 5.26 Å². The van der Waals surface area contributed by atoms with E-state index >= 15 is 0 Å². The second-order valence-electron chi connectivity index (χ2n) is 8.73. The summed E-state index contributed by atoms with van der Waals surface area (Å²) in [5.41, 5.74) is 12.6. The van der Waals surface area contributed by atoms with Crippen LogP contribution in [0.3, 0.4) is 0 Å². The average molecular weight is 383 g/mol. The zero-order valence-electron chi connectivity index (χ0n) is 16.7. The number of rotatable bonds is 4. The number of nitrogens with one attached hydrogen (secondary N) is 2. The zero-order valence-corrected chi connectivity index (χ0v) is 16.7. The molecule has 1 fully saturated rings. The van der Waals surface area contributed by atoms with Gasteiger partial charge >= 0.3 is 6.03 Å². The van der Waals surface area contributed by atoms with E-state index in [4.69, 9.17) is 11.5 Å². The molecule has 1 aromatic rings. The van der Waals surface area contributed by atoms with Crippen molar-refractivity contribution in [1.82, 2.24) is 10.6 Å². The average Bonchev–Trinajstić information content (AvgIpc) is 2.59. The van der Waals surface area contributed by atoms with Gasteiger partial charge in [0.1, 0.15) is 11.6 Å².